The van der Waals surface area contributed by atoms with Crippen molar-refractivity contribution < 1.29 is 9.59 Å². The SMILES string of the molecule is CC(=O)NC(CC(=O)Nc1ccc(-n2cnnn2)cc1)c1ccccc1. The standard InChI is InChI=1S/C18H18N6O2/c1-13(25)20-17(14-5-3-2-4-6-14)11-18(26)21-15-7-9-16(10-8-15)24-12-19-22-23-24/h2-10,12,17H,11H2,1H3,(H,20,25)(H,21,26). The smallest absolute Gasteiger partial charge is 0.226 e. The van der Waals surface area contributed by atoms with Gasteiger partial charge in [0.1, 0.15) is 6.33 Å². The predicted octanol–water partition coefficient (Wildman–Crippen LogP) is 1.87. The van der Waals surface area contributed by atoms with Crippen molar-refractivity contribution in [3.63, 3.8) is 0 Å². The van der Waals surface area contributed by atoms with Crippen molar-refractivity contribution in [2.75, 3.05) is 5.32 Å². The Balaban J connectivity index is 1.65. The molecule has 1 aromatic heterocycles. The van der Waals surface area contributed by atoms with Crippen LogP contribution in [0.25, 0.3) is 5.69 Å². The topological polar surface area (TPSA) is 102 Å². The summed E-state index contributed by atoms with van der Waals surface area (Å²) in [6.07, 6.45) is 1.63. The Morgan fingerprint density at radius 1 is 1.08 bits per heavy atom. The van der Waals surface area contributed by atoms with Crippen molar-refractivity contribution in [2.45, 2.75) is 19.4 Å². The third kappa shape index (κ3) is 4.50. The molecular formula is C18H18N6O2. The molecule has 8 nitrogen and oxygen atoms in total. The fourth-order valence-corrected chi connectivity index (χ4v) is 2.56. The molecule has 0 radical (unpaired) electrons. The van der Waals surface area contributed by atoms with E-state index in [4.69, 9.17) is 0 Å². The maximum absolute atomic E-state index is 12.4. The van der Waals surface area contributed by atoms with Crippen LogP contribution in [-0.4, -0.2) is 32.0 Å². The Labute approximate surface area is 150 Å². The number of hydrogen-bond donors (Lipinski definition) is 2. The van der Waals surface area contributed by atoms with E-state index in [1.807, 2.05) is 30.3 Å². The van der Waals surface area contributed by atoms with E-state index in [2.05, 4.69) is 26.2 Å². The Kier molecular flexibility index (Phi) is 5.33. The molecular weight excluding hydrogens is 332 g/mol. The molecule has 2 amide bonds. The van der Waals surface area contributed by atoms with Crippen LogP contribution in [0.2, 0.25) is 0 Å². The maximum Gasteiger partial charge on any atom is 0.226 e. The minimum Gasteiger partial charge on any atom is -0.349 e. The molecule has 0 saturated heterocycles. The lowest BCUT2D eigenvalue weighted by atomic mass is 10.0. The molecule has 0 spiro atoms. The summed E-state index contributed by atoms with van der Waals surface area (Å²) in [7, 11) is 0. The van der Waals surface area contributed by atoms with Crippen LogP contribution in [0.5, 0.6) is 0 Å². The monoisotopic (exact) mass is 350 g/mol. The van der Waals surface area contributed by atoms with Gasteiger partial charge in [-0.15, -0.1) is 5.10 Å². The molecule has 0 fully saturated rings. The number of carbonyl (C=O) groups is 2. The number of nitrogens with zero attached hydrogens (tertiary/aromatic N) is 4. The first-order valence-electron chi connectivity index (χ1n) is 8.07. The van der Waals surface area contributed by atoms with E-state index in [0.717, 1.165) is 11.3 Å². The lowest BCUT2D eigenvalue weighted by Crippen LogP contribution is -2.29. The average Bonchev–Trinajstić information content (AvgIpc) is 3.17. The second kappa shape index (κ2) is 8.02. The maximum atomic E-state index is 12.4. The third-order valence-electron chi connectivity index (χ3n) is 3.73. The van der Waals surface area contributed by atoms with Crippen LogP contribution in [0.3, 0.4) is 0 Å². The summed E-state index contributed by atoms with van der Waals surface area (Å²) < 4.78 is 1.52. The molecule has 2 aromatic carbocycles. The van der Waals surface area contributed by atoms with Gasteiger partial charge in [-0.3, -0.25) is 9.59 Å². The summed E-state index contributed by atoms with van der Waals surface area (Å²) in [5.74, 6) is -0.375. The molecule has 26 heavy (non-hydrogen) atoms. The molecule has 2 N–H and O–H groups in total. The number of rotatable bonds is 6. The summed E-state index contributed by atoms with van der Waals surface area (Å²) in [4.78, 5) is 23.8. The normalized spacial score (nSPS) is 11.6. The van der Waals surface area contributed by atoms with Crippen LogP contribution >= 0.6 is 0 Å². The van der Waals surface area contributed by atoms with Gasteiger partial charge in [0.2, 0.25) is 11.8 Å². The first kappa shape index (κ1) is 17.3. The highest BCUT2D eigenvalue weighted by Crippen LogP contribution is 2.18. The molecule has 132 valence electrons. The minimum atomic E-state index is -0.380. The van der Waals surface area contributed by atoms with Crippen molar-refractivity contribution in [1.82, 2.24) is 25.5 Å². The van der Waals surface area contributed by atoms with E-state index < -0.39 is 0 Å². The highest BCUT2D eigenvalue weighted by Gasteiger charge is 2.17. The lowest BCUT2D eigenvalue weighted by Gasteiger charge is -2.18. The van der Waals surface area contributed by atoms with Crippen LogP contribution in [0.4, 0.5) is 5.69 Å². The van der Waals surface area contributed by atoms with E-state index >= 15 is 0 Å². The van der Waals surface area contributed by atoms with Gasteiger partial charge in [-0.05, 0) is 40.3 Å². The van der Waals surface area contributed by atoms with Gasteiger partial charge in [0.25, 0.3) is 0 Å². The molecule has 0 aliphatic heterocycles. The van der Waals surface area contributed by atoms with Crippen LogP contribution in [0.15, 0.2) is 60.9 Å². The number of benzene rings is 2. The molecule has 0 bridgehead atoms. The molecule has 0 aliphatic rings. The Bertz CT molecular complexity index is 862. The fourth-order valence-electron chi connectivity index (χ4n) is 2.56. The Morgan fingerprint density at radius 2 is 1.81 bits per heavy atom. The zero-order valence-electron chi connectivity index (χ0n) is 14.2. The number of tetrazole rings is 1. The number of amides is 2. The van der Waals surface area contributed by atoms with E-state index in [0.29, 0.717) is 5.69 Å². The van der Waals surface area contributed by atoms with E-state index in [9.17, 15) is 9.59 Å². The number of anilines is 1. The van der Waals surface area contributed by atoms with Gasteiger partial charge in [-0.1, -0.05) is 30.3 Å². The van der Waals surface area contributed by atoms with E-state index in [1.54, 1.807) is 24.3 Å². The summed E-state index contributed by atoms with van der Waals surface area (Å²) in [6.45, 7) is 1.44. The summed E-state index contributed by atoms with van der Waals surface area (Å²) in [5, 5.41) is 16.6. The van der Waals surface area contributed by atoms with Gasteiger partial charge < -0.3 is 10.6 Å². The van der Waals surface area contributed by atoms with Gasteiger partial charge in [-0.2, -0.15) is 0 Å². The summed E-state index contributed by atoms with van der Waals surface area (Å²) in [5.41, 5.74) is 2.32. The van der Waals surface area contributed by atoms with Crippen molar-refractivity contribution in [1.29, 1.82) is 0 Å². The second-order valence-corrected chi connectivity index (χ2v) is 5.72. The van der Waals surface area contributed by atoms with Crippen molar-refractivity contribution in [3.8, 4) is 5.69 Å². The zero-order chi connectivity index (χ0) is 18.4. The number of nitrogens with one attached hydrogen (secondary N) is 2. The molecule has 0 saturated carbocycles. The molecule has 8 heteroatoms. The van der Waals surface area contributed by atoms with Crippen molar-refractivity contribution in [3.05, 3.63) is 66.5 Å². The minimum absolute atomic E-state index is 0.137. The largest absolute Gasteiger partial charge is 0.349 e. The molecule has 1 heterocycles. The van der Waals surface area contributed by atoms with Gasteiger partial charge >= 0.3 is 0 Å². The van der Waals surface area contributed by atoms with E-state index in [-0.39, 0.29) is 24.3 Å². The number of carbonyl (C=O) groups excluding carboxylic acids is 2. The number of hydrogen-bond acceptors (Lipinski definition) is 5. The van der Waals surface area contributed by atoms with Crippen molar-refractivity contribution in [2.24, 2.45) is 0 Å². The molecule has 0 aliphatic carbocycles. The van der Waals surface area contributed by atoms with E-state index in [1.165, 1.54) is 17.9 Å². The molecule has 3 rings (SSSR count). The first-order valence-corrected chi connectivity index (χ1v) is 8.07. The quantitative estimate of drug-likeness (QED) is 0.707. The lowest BCUT2D eigenvalue weighted by molar-refractivity contribution is -0.120. The van der Waals surface area contributed by atoms with Crippen LogP contribution in [-0.2, 0) is 9.59 Å². The summed E-state index contributed by atoms with van der Waals surface area (Å²) in [6, 6.07) is 16.2. The fraction of sp³-hybridized carbons (Fsp3) is 0.167. The molecule has 3 aromatic rings. The predicted molar refractivity (Wildman–Crippen MR) is 95.4 cm³/mol. The van der Waals surface area contributed by atoms with Gasteiger partial charge in [0.05, 0.1) is 18.2 Å². The Morgan fingerprint density at radius 3 is 2.42 bits per heavy atom. The first-order chi connectivity index (χ1) is 12.6. The van der Waals surface area contributed by atoms with Crippen molar-refractivity contribution >= 4 is 17.5 Å². The molecule has 1 unspecified atom stereocenters. The molecule has 1 atom stereocenters. The zero-order valence-corrected chi connectivity index (χ0v) is 14.2. The van der Waals surface area contributed by atoms with Crippen LogP contribution < -0.4 is 10.6 Å². The Hall–Kier alpha value is -3.55. The highest BCUT2D eigenvalue weighted by atomic mass is 16.2. The van der Waals surface area contributed by atoms with Crippen LogP contribution in [0.1, 0.15) is 24.9 Å². The van der Waals surface area contributed by atoms with Gasteiger partial charge in [-0.25, -0.2) is 4.68 Å². The van der Waals surface area contributed by atoms with Gasteiger partial charge in [0.15, 0.2) is 0 Å². The average molecular weight is 350 g/mol. The summed E-state index contributed by atoms with van der Waals surface area (Å²) >= 11 is 0. The number of aromatic nitrogens is 4. The second-order valence-electron chi connectivity index (χ2n) is 5.72. The van der Waals surface area contributed by atoms with Crippen LogP contribution in [0, 0.1) is 0 Å². The highest BCUT2D eigenvalue weighted by molar-refractivity contribution is 5.91. The third-order valence-corrected chi connectivity index (χ3v) is 3.73. The van der Waals surface area contributed by atoms with Gasteiger partial charge in [0, 0.05) is 12.6 Å².